The number of benzene rings is 1. The highest BCUT2D eigenvalue weighted by Crippen LogP contribution is 2.28. The van der Waals surface area contributed by atoms with Gasteiger partial charge in [-0.15, -0.1) is 0 Å². The number of anilines is 1. The van der Waals surface area contributed by atoms with Crippen LogP contribution in [-0.4, -0.2) is 19.6 Å². The average molecular weight is 286 g/mol. The van der Waals surface area contributed by atoms with Gasteiger partial charge >= 0.3 is 1.43 Å². The zero-order chi connectivity index (χ0) is 13.9. The topological polar surface area (TPSA) is 62.6 Å². The molecular formula is C14H12N3O2S+. The third-order valence-electron chi connectivity index (χ3n) is 2.94. The highest BCUT2D eigenvalue weighted by molar-refractivity contribution is 7.72. The van der Waals surface area contributed by atoms with Crippen molar-refractivity contribution < 1.29 is 9.84 Å². The summed E-state index contributed by atoms with van der Waals surface area (Å²) in [5.41, 5.74) is 0. The summed E-state index contributed by atoms with van der Waals surface area (Å²) in [6, 6.07) is 6.87. The van der Waals surface area contributed by atoms with Gasteiger partial charge in [0.25, 0.3) is 0 Å². The lowest BCUT2D eigenvalue weighted by molar-refractivity contribution is 0.615. The van der Waals surface area contributed by atoms with Crippen molar-refractivity contribution in [2.24, 2.45) is 4.99 Å². The second-order valence-corrected chi connectivity index (χ2v) is 5.11. The van der Waals surface area contributed by atoms with Crippen LogP contribution < -0.4 is 4.90 Å². The van der Waals surface area contributed by atoms with Crippen molar-refractivity contribution in [1.82, 2.24) is 4.98 Å². The van der Waals surface area contributed by atoms with Gasteiger partial charge in [-0.2, -0.15) is 0 Å². The maximum absolute atomic E-state index is 11.3. The molecule has 2 heterocycles. The standard InChI is InChI=1S/C14H11N3O2S/c18-20(19)13-4-1-3-12-11(13)5-7-16-14(12)17-9-2-6-15-8-10-17/h1-10,20H/p+1. The number of thiol groups is 1. The SMILES string of the molecule is O=[SH](=O)c1cccc2c(N3C=CC=NC=C3)nccc12.[H+]. The molecule has 0 amide bonds. The van der Waals surface area contributed by atoms with Crippen molar-refractivity contribution in [1.29, 1.82) is 0 Å². The summed E-state index contributed by atoms with van der Waals surface area (Å²) in [4.78, 5) is 10.5. The van der Waals surface area contributed by atoms with Gasteiger partial charge in [-0.05, 0) is 18.2 Å². The lowest BCUT2D eigenvalue weighted by atomic mass is 10.1. The summed E-state index contributed by atoms with van der Waals surface area (Å²) in [5.74, 6) is 0.666. The predicted octanol–water partition coefficient (Wildman–Crippen LogP) is 2.19. The van der Waals surface area contributed by atoms with Crippen LogP contribution in [0.5, 0.6) is 0 Å². The Morgan fingerprint density at radius 2 is 2.00 bits per heavy atom. The minimum Gasteiger partial charge on any atom is -0.307 e. The fraction of sp³-hybridized carbons (Fsp3) is 0. The summed E-state index contributed by atoms with van der Waals surface area (Å²) in [5, 5.41) is 1.45. The third kappa shape index (κ3) is 2.21. The van der Waals surface area contributed by atoms with E-state index in [-0.39, 0.29) is 1.43 Å². The number of fused-ring (bicyclic) bond motifs is 1. The molecule has 20 heavy (non-hydrogen) atoms. The Morgan fingerprint density at radius 1 is 1.10 bits per heavy atom. The molecule has 2 aromatic rings. The van der Waals surface area contributed by atoms with Crippen LogP contribution in [0.3, 0.4) is 0 Å². The molecule has 3 rings (SSSR count). The van der Waals surface area contributed by atoms with Crippen LogP contribution in [0.15, 0.2) is 65.0 Å². The van der Waals surface area contributed by atoms with E-state index in [0.717, 1.165) is 5.39 Å². The molecule has 0 unspecified atom stereocenters. The van der Waals surface area contributed by atoms with Crippen LogP contribution in [-0.2, 0) is 10.7 Å². The van der Waals surface area contributed by atoms with Gasteiger partial charge in [-0.1, -0.05) is 12.1 Å². The summed E-state index contributed by atoms with van der Waals surface area (Å²) in [7, 11) is -2.64. The van der Waals surface area contributed by atoms with E-state index in [9.17, 15) is 8.42 Å². The number of pyridine rings is 1. The molecule has 0 radical (unpaired) electrons. The molecule has 6 heteroatoms. The molecule has 0 fully saturated rings. The maximum Gasteiger partial charge on any atom is 1.00 e. The fourth-order valence-electron chi connectivity index (χ4n) is 2.07. The molecule has 0 saturated heterocycles. The number of hydrogen-bond acceptors (Lipinski definition) is 5. The average Bonchev–Trinajstić information content (AvgIpc) is 2.74. The van der Waals surface area contributed by atoms with E-state index >= 15 is 0 Å². The van der Waals surface area contributed by atoms with E-state index in [1.54, 1.807) is 54.0 Å². The van der Waals surface area contributed by atoms with Gasteiger partial charge in [0.05, 0.1) is 4.90 Å². The quantitative estimate of drug-likeness (QED) is 0.860. The van der Waals surface area contributed by atoms with E-state index in [1.165, 1.54) is 0 Å². The number of rotatable bonds is 2. The number of aliphatic imine (C=N–C) groups is 1. The van der Waals surface area contributed by atoms with E-state index in [2.05, 4.69) is 9.98 Å². The zero-order valence-electron chi connectivity index (χ0n) is 11.4. The lowest BCUT2D eigenvalue weighted by Crippen LogP contribution is -2.08. The Kier molecular flexibility index (Phi) is 3.30. The Labute approximate surface area is 119 Å². The highest BCUT2D eigenvalue weighted by Gasteiger charge is 2.10. The molecule has 0 saturated carbocycles. The van der Waals surface area contributed by atoms with Crippen molar-refractivity contribution in [2.75, 3.05) is 4.90 Å². The fourth-order valence-corrected chi connectivity index (χ4v) is 2.67. The van der Waals surface area contributed by atoms with E-state index in [4.69, 9.17) is 0 Å². The van der Waals surface area contributed by atoms with Crippen molar-refractivity contribution in [3.8, 4) is 0 Å². The van der Waals surface area contributed by atoms with Gasteiger partial charge in [0.2, 0.25) is 0 Å². The monoisotopic (exact) mass is 286 g/mol. The number of nitrogens with zero attached hydrogens (tertiary/aromatic N) is 3. The molecule has 100 valence electrons. The molecule has 1 aromatic heterocycles. The van der Waals surface area contributed by atoms with Crippen LogP contribution in [0.25, 0.3) is 10.8 Å². The first-order valence-electron chi connectivity index (χ1n) is 5.94. The van der Waals surface area contributed by atoms with Crippen LogP contribution >= 0.6 is 0 Å². The van der Waals surface area contributed by atoms with Gasteiger partial charge in [0, 0.05) is 41.8 Å². The normalized spacial score (nSPS) is 14.2. The van der Waals surface area contributed by atoms with E-state index < -0.39 is 10.7 Å². The molecule has 0 aliphatic carbocycles. The van der Waals surface area contributed by atoms with Crippen molar-refractivity contribution in [3.05, 3.63) is 55.1 Å². The molecular weight excluding hydrogens is 274 g/mol. The zero-order valence-corrected chi connectivity index (χ0v) is 11.3. The first kappa shape index (κ1) is 12.6. The molecule has 5 nitrogen and oxygen atoms in total. The molecule has 1 aliphatic rings. The molecule has 0 atom stereocenters. The van der Waals surface area contributed by atoms with Crippen molar-refractivity contribution in [3.63, 3.8) is 0 Å². The van der Waals surface area contributed by atoms with Crippen LogP contribution in [0.2, 0.25) is 0 Å². The van der Waals surface area contributed by atoms with Crippen molar-refractivity contribution in [2.45, 2.75) is 4.90 Å². The van der Waals surface area contributed by atoms with Crippen molar-refractivity contribution >= 4 is 33.5 Å². The molecule has 1 aromatic carbocycles. The van der Waals surface area contributed by atoms with Gasteiger partial charge in [-0.3, -0.25) is 4.99 Å². The second-order valence-electron chi connectivity index (χ2n) is 4.11. The Bertz CT molecular complexity index is 804. The predicted molar refractivity (Wildman–Crippen MR) is 80.7 cm³/mol. The van der Waals surface area contributed by atoms with Crippen LogP contribution in [0, 0.1) is 0 Å². The summed E-state index contributed by atoms with van der Waals surface area (Å²) in [6.07, 6.45) is 10.3. The first-order valence-corrected chi connectivity index (χ1v) is 7.12. The molecule has 0 N–H and O–H groups in total. The summed E-state index contributed by atoms with van der Waals surface area (Å²) >= 11 is 0. The van der Waals surface area contributed by atoms with Gasteiger partial charge in [0.1, 0.15) is 5.82 Å². The molecule has 1 aliphatic heterocycles. The van der Waals surface area contributed by atoms with Gasteiger partial charge < -0.3 is 4.90 Å². The highest BCUT2D eigenvalue weighted by atomic mass is 32.2. The third-order valence-corrected chi connectivity index (χ3v) is 3.72. The number of allylic oxidation sites excluding steroid dienone is 1. The largest absolute Gasteiger partial charge is 1.00 e. The van der Waals surface area contributed by atoms with Crippen LogP contribution in [0.4, 0.5) is 5.82 Å². The van der Waals surface area contributed by atoms with E-state index in [0.29, 0.717) is 16.1 Å². The smallest absolute Gasteiger partial charge is 0.307 e. The van der Waals surface area contributed by atoms with Gasteiger partial charge in [-0.25, -0.2) is 13.4 Å². The number of aromatic nitrogens is 1. The minimum absolute atomic E-state index is 0. The van der Waals surface area contributed by atoms with Gasteiger partial charge in [0.15, 0.2) is 10.7 Å². The Morgan fingerprint density at radius 3 is 2.85 bits per heavy atom. The Balaban J connectivity index is 0.00000161. The van der Waals surface area contributed by atoms with Crippen LogP contribution in [0.1, 0.15) is 1.43 Å². The summed E-state index contributed by atoms with van der Waals surface area (Å²) < 4.78 is 22.6. The first-order chi connectivity index (χ1) is 9.77. The second kappa shape index (κ2) is 5.26. The Hall–Kier alpha value is -2.47. The molecule has 0 spiro atoms. The summed E-state index contributed by atoms with van der Waals surface area (Å²) in [6.45, 7) is 0. The minimum atomic E-state index is -2.64. The number of hydrogen-bond donors (Lipinski definition) is 1. The maximum atomic E-state index is 11.3. The molecule has 0 bridgehead atoms. The van der Waals surface area contributed by atoms with E-state index in [1.807, 2.05) is 12.3 Å². The lowest BCUT2D eigenvalue weighted by Gasteiger charge is -2.16.